The van der Waals surface area contributed by atoms with Gasteiger partial charge in [-0.05, 0) is 44.8 Å². The molecule has 6 heteroatoms. The molecule has 3 aliphatic rings. The zero-order valence-corrected chi connectivity index (χ0v) is 12.8. The smallest absolute Gasteiger partial charge is 0.270 e. The molecule has 0 saturated carbocycles. The molecule has 21 heavy (non-hydrogen) atoms. The van der Waals surface area contributed by atoms with Crippen LogP contribution in [0.2, 0.25) is 0 Å². The molecule has 0 radical (unpaired) electrons. The van der Waals surface area contributed by atoms with Crippen LogP contribution in [0, 0.1) is 5.92 Å². The Morgan fingerprint density at radius 3 is 2.95 bits per heavy atom. The minimum Gasteiger partial charge on any atom is -0.346 e. The number of nitrogens with zero attached hydrogens (tertiary/aromatic N) is 3. The molecular weight excluding hydrogens is 284 g/mol. The summed E-state index contributed by atoms with van der Waals surface area (Å²) >= 11 is 1.54. The van der Waals surface area contributed by atoms with Gasteiger partial charge in [-0.1, -0.05) is 0 Å². The predicted molar refractivity (Wildman–Crippen MR) is 82.4 cm³/mol. The highest BCUT2D eigenvalue weighted by atomic mass is 32.1. The molecule has 5 rings (SSSR count). The molecule has 0 spiro atoms. The molecule has 0 unspecified atom stereocenters. The fourth-order valence-corrected chi connectivity index (χ4v) is 4.34. The first-order valence-electron chi connectivity index (χ1n) is 7.46. The minimum absolute atomic E-state index is 0.0594. The Balaban J connectivity index is 1.54. The van der Waals surface area contributed by atoms with Crippen molar-refractivity contribution < 1.29 is 4.79 Å². The number of fused-ring (bicyclic) bond motifs is 4. The highest BCUT2D eigenvalue weighted by molar-refractivity contribution is 7.16. The molecule has 0 aromatic carbocycles. The Labute approximate surface area is 127 Å². The second kappa shape index (κ2) is 5.03. The Hall–Kier alpha value is -1.53. The van der Waals surface area contributed by atoms with E-state index in [0.29, 0.717) is 17.7 Å². The van der Waals surface area contributed by atoms with Crippen LogP contribution in [0.3, 0.4) is 0 Å². The molecular formula is C15H18N4OS. The van der Waals surface area contributed by atoms with Crippen LogP contribution in [0.4, 0.5) is 0 Å². The molecule has 2 atom stereocenters. The highest BCUT2D eigenvalue weighted by Crippen LogP contribution is 2.32. The van der Waals surface area contributed by atoms with E-state index in [1.807, 2.05) is 6.07 Å². The van der Waals surface area contributed by atoms with E-state index < -0.39 is 0 Å². The van der Waals surface area contributed by atoms with Crippen molar-refractivity contribution in [3.63, 3.8) is 0 Å². The van der Waals surface area contributed by atoms with Gasteiger partial charge in [-0.25, -0.2) is 9.97 Å². The molecule has 2 aromatic heterocycles. The third-order valence-corrected chi connectivity index (χ3v) is 5.72. The summed E-state index contributed by atoms with van der Waals surface area (Å²) < 4.78 is 1.01. The number of thiazole rings is 1. The summed E-state index contributed by atoms with van der Waals surface area (Å²) in [7, 11) is 0. The number of hydrogen-bond acceptors (Lipinski definition) is 5. The van der Waals surface area contributed by atoms with Crippen LogP contribution in [0.1, 0.15) is 30.3 Å². The van der Waals surface area contributed by atoms with Crippen molar-refractivity contribution >= 4 is 27.5 Å². The summed E-state index contributed by atoms with van der Waals surface area (Å²) in [5, 5.41) is 3.21. The van der Waals surface area contributed by atoms with E-state index in [1.165, 1.54) is 37.3 Å². The number of aromatic nitrogens is 2. The van der Waals surface area contributed by atoms with E-state index >= 15 is 0 Å². The van der Waals surface area contributed by atoms with Gasteiger partial charge in [0.1, 0.15) is 5.69 Å². The fraction of sp³-hybridized carbons (Fsp3) is 0.533. The van der Waals surface area contributed by atoms with Crippen molar-refractivity contribution in [2.45, 2.75) is 31.8 Å². The lowest BCUT2D eigenvalue weighted by Crippen LogP contribution is -2.62. The number of piperidine rings is 3. The molecule has 3 aliphatic heterocycles. The maximum atomic E-state index is 12.5. The number of carbonyl (C=O) groups excluding carboxylic acids is 1. The van der Waals surface area contributed by atoms with Crippen LogP contribution in [0.5, 0.6) is 0 Å². The molecule has 2 aromatic rings. The normalized spacial score (nSPS) is 31.5. The third kappa shape index (κ3) is 2.22. The molecule has 3 fully saturated rings. The summed E-state index contributed by atoms with van der Waals surface area (Å²) in [5.74, 6) is 0.553. The van der Waals surface area contributed by atoms with Crippen molar-refractivity contribution in [1.29, 1.82) is 0 Å². The van der Waals surface area contributed by atoms with Gasteiger partial charge < -0.3 is 5.32 Å². The molecule has 2 bridgehead atoms. The largest absolute Gasteiger partial charge is 0.346 e. The lowest BCUT2D eigenvalue weighted by molar-refractivity contribution is 0.0216. The molecule has 110 valence electrons. The Bertz CT molecular complexity index is 675. The standard InChI is InChI=1S/C15H18N4OS/c1-9-14(10-2-4-19(9)5-3-10)18-15(20)11-6-13-12(7-16-11)17-8-21-13/h6-10,14H,2-5H2,1H3,(H,18,20)/t9-,14+/m1/s1. The molecule has 5 nitrogen and oxygen atoms in total. The first kappa shape index (κ1) is 13.2. The van der Waals surface area contributed by atoms with Gasteiger partial charge in [-0.2, -0.15) is 0 Å². The van der Waals surface area contributed by atoms with Gasteiger partial charge in [-0.15, -0.1) is 11.3 Å². The number of amides is 1. The van der Waals surface area contributed by atoms with Crippen molar-refractivity contribution in [2.24, 2.45) is 5.92 Å². The van der Waals surface area contributed by atoms with Crippen LogP contribution in [0.25, 0.3) is 10.2 Å². The lowest BCUT2D eigenvalue weighted by Gasteiger charge is -2.49. The Morgan fingerprint density at radius 2 is 2.19 bits per heavy atom. The summed E-state index contributed by atoms with van der Waals surface area (Å²) in [6.45, 7) is 4.56. The number of hydrogen-bond donors (Lipinski definition) is 1. The first-order valence-corrected chi connectivity index (χ1v) is 8.34. The summed E-state index contributed by atoms with van der Waals surface area (Å²) in [5.41, 5.74) is 3.13. The SMILES string of the molecule is C[C@@H]1[C@H](NC(=O)c2cc3scnc3cn2)C2CCN1CC2. The maximum Gasteiger partial charge on any atom is 0.270 e. The first-order chi connectivity index (χ1) is 10.2. The molecule has 1 N–H and O–H groups in total. The van der Waals surface area contributed by atoms with Crippen molar-refractivity contribution in [3.05, 3.63) is 23.5 Å². The van der Waals surface area contributed by atoms with Gasteiger partial charge in [0.25, 0.3) is 5.91 Å². The van der Waals surface area contributed by atoms with E-state index in [2.05, 4.69) is 27.1 Å². The van der Waals surface area contributed by atoms with Crippen LogP contribution in [-0.4, -0.2) is 45.9 Å². The molecule has 0 aliphatic carbocycles. The van der Waals surface area contributed by atoms with E-state index in [-0.39, 0.29) is 11.9 Å². The van der Waals surface area contributed by atoms with Gasteiger partial charge in [0.2, 0.25) is 0 Å². The van der Waals surface area contributed by atoms with E-state index in [4.69, 9.17) is 0 Å². The van der Waals surface area contributed by atoms with Crippen molar-refractivity contribution in [1.82, 2.24) is 20.2 Å². The van der Waals surface area contributed by atoms with Crippen molar-refractivity contribution in [2.75, 3.05) is 13.1 Å². The topological polar surface area (TPSA) is 58.1 Å². The minimum atomic E-state index is -0.0594. The second-order valence-electron chi connectivity index (χ2n) is 6.00. The van der Waals surface area contributed by atoms with Gasteiger partial charge in [0.05, 0.1) is 21.9 Å². The number of pyridine rings is 1. The van der Waals surface area contributed by atoms with Gasteiger partial charge in [0, 0.05) is 12.1 Å². The predicted octanol–water partition coefficient (Wildman–Crippen LogP) is 1.90. The summed E-state index contributed by atoms with van der Waals surface area (Å²) in [6.07, 6.45) is 4.06. The zero-order valence-electron chi connectivity index (χ0n) is 12.0. The Kier molecular flexibility index (Phi) is 3.15. The van der Waals surface area contributed by atoms with E-state index in [0.717, 1.165) is 10.2 Å². The average Bonchev–Trinajstić information content (AvgIpc) is 2.98. The van der Waals surface area contributed by atoms with E-state index in [1.54, 1.807) is 11.7 Å². The number of rotatable bonds is 2. The van der Waals surface area contributed by atoms with E-state index in [9.17, 15) is 4.79 Å². The molecule has 1 amide bonds. The molecule has 5 heterocycles. The number of nitrogens with one attached hydrogen (secondary N) is 1. The lowest BCUT2D eigenvalue weighted by atomic mass is 9.79. The third-order valence-electron chi connectivity index (χ3n) is 4.93. The monoisotopic (exact) mass is 302 g/mol. The highest BCUT2D eigenvalue weighted by Gasteiger charge is 2.40. The maximum absolute atomic E-state index is 12.5. The quantitative estimate of drug-likeness (QED) is 0.920. The van der Waals surface area contributed by atoms with Gasteiger partial charge in [-0.3, -0.25) is 9.69 Å². The van der Waals surface area contributed by atoms with Gasteiger partial charge in [0.15, 0.2) is 0 Å². The van der Waals surface area contributed by atoms with Crippen LogP contribution >= 0.6 is 11.3 Å². The van der Waals surface area contributed by atoms with Crippen molar-refractivity contribution in [3.8, 4) is 0 Å². The average molecular weight is 302 g/mol. The Morgan fingerprint density at radius 1 is 1.38 bits per heavy atom. The zero-order chi connectivity index (χ0) is 14.4. The van der Waals surface area contributed by atoms with Crippen LogP contribution < -0.4 is 5.32 Å². The number of carbonyl (C=O) groups is 1. The van der Waals surface area contributed by atoms with Gasteiger partial charge >= 0.3 is 0 Å². The molecule has 3 saturated heterocycles. The van der Waals surface area contributed by atoms with Crippen LogP contribution in [-0.2, 0) is 0 Å². The fourth-order valence-electron chi connectivity index (χ4n) is 3.66. The van der Waals surface area contributed by atoms with Crippen LogP contribution in [0.15, 0.2) is 17.8 Å². The second-order valence-corrected chi connectivity index (χ2v) is 6.89. The summed E-state index contributed by atoms with van der Waals surface area (Å²) in [4.78, 5) is 23.4. The summed E-state index contributed by atoms with van der Waals surface area (Å²) in [6, 6.07) is 2.52.